The van der Waals surface area contributed by atoms with Crippen LogP contribution in [0.2, 0.25) is 0 Å². The van der Waals surface area contributed by atoms with E-state index in [4.69, 9.17) is 0 Å². The fraction of sp³-hybridized carbons (Fsp3) is 0.190. The van der Waals surface area contributed by atoms with Crippen molar-refractivity contribution in [1.82, 2.24) is 14.9 Å². The van der Waals surface area contributed by atoms with Crippen molar-refractivity contribution >= 4 is 5.91 Å². The van der Waals surface area contributed by atoms with Gasteiger partial charge in [-0.3, -0.25) is 14.2 Å². The minimum Gasteiger partial charge on any atom is -0.354 e. The van der Waals surface area contributed by atoms with Gasteiger partial charge in [-0.15, -0.1) is 0 Å². The number of carbonyl (C=O) groups excluding carboxylic acids is 1. The van der Waals surface area contributed by atoms with Crippen molar-refractivity contribution in [3.05, 3.63) is 88.2 Å². The van der Waals surface area contributed by atoms with Crippen molar-refractivity contribution < 1.29 is 9.18 Å². The Morgan fingerprint density at radius 2 is 1.93 bits per heavy atom. The SMILES string of the molecule is Cc1cccc(CC(=O)NCCn2cnc(-c3ccc(F)cc3)cc2=O)c1. The first-order chi connectivity index (χ1) is 13.0. The van der Waals surface area contributed by atoms with Crippen LogP contribution in [0.4, 0.5) is 4.39 Å². The summed E-state index contributed by atoms with van der Waals surface area (Å²) in [6, 6.07) is 15.0. The van der Waals surface area contributed by atoms with Gasteiger partial charge in [-0.25, -0.2) is 9.37 Å². The van der Waals surface area contributed by atoms with Gasteiger partial charge in [-0.1, -0.05) is 29.8 Å². The van der Waals surface area contributed by atoms with Gasteiger partial charge in [0.25, 0.3) is 5.56 Å². The molecule has 0 fully saturated rings. The standard InChI is InChI=1S/C21H20FN3O2/c1-15-3-2-4-16(11-15)12-20(26)23-9-10-25-14-24-19(13-21(25)27)17-5-7-18(22)8-6-17/h2-8,11,13-14H,9-10,12H2,1H3,(H,23,26). The molecule has 0 unspecified atom stereocenters. The van der Waals surface area contributed by atoms with Crippen LogP contribution in [-0.4, -0.2) is 22.0 Å². The molecule has 1 amide bonds. The number of aromatic nitrogens is 2. The van der Waals surface area contributed by atoms with Crippen LogP contribution in [0.25, 0.3) is 11.3 Å². The highest BCUT2D eigenvalue weighted by molar-refractivity contribution is 5.78. The van der Waals surface area contributed by atoms with Crippen molar-refractivity contribution in [3.8, 4) is 11.3 Å². The molecule has 0 saturated heterocycles. The average molecular weight is 365 g/mol. The lowest BCUT2D eigenvalue weighted by Crippen LogP contribution is -2.31. The normalized spacial score (nSPS) is 10.6. The van der Waals surface area contributed by atoms with Gasteiger partial charge >= 0.3 is 0 Å². The molecule has 138 valence electrons. The van der Waals surface area contributed by atoms with Crippen molar-refractivity contribution in [2.24, 2.45) is 0 Å². The first-order valence-electron chi connectivity index (χ1n) is 8.66. The number of carbonyl (C=O) groups is 1. The maximum atomic E-state index is 13.0. The Bertz CT molecular complexity index is 997. The third-order valence-corrected chi connectivity index (χ3v) is 4.14. The number of hydrogen-bond donors (Lipinski definition) is 1. The topological polar surface area (TPSA) is 64.0 Å². The van der Waals surface area contributed by atoms with Gasteiger partial charge in [0.1, 0.15) is 5.82 Å². The molecule has 1 N–H and O–H groups in total. The lowest BCUT2D eigenvalue weighted by Gasteiger charge is -2.09. The van der Waals surface area contributed by atoms with E-state index in [2.05, 4.69) is 10.3 Å². The number of benzene rings is 2. The van der Waals surface area contributed by atoms with Gasteiger partial charge in [0.05, 0.1) is 18.4 Å². The summed E-state index contributed by atoms with van der Waals surface area (Å²) in [5.74, 6) is -0.432. The van der Waals surface area contributed by atoms with E-state index >= 15 is 0 Å². The first kappa shape index (κ1) is 18.5. The largest absolute Gasteiger partial charge is 0.354 e. The van der Waals surface area contributed by atoms with Gasteiger partial charge in [0.15, 0.2) is 0 Å². The summed E-state index contributed by atoms with van der Waals surface area (Å²) in [5, 5.41) is 2.81. The highest BCUT2D eigenvalue weighted by Crippen LogP contribution is 2.14. The molecule has 0 aliphatic rings. The third kappa shape index (κ3) is 5.10. The van der Waals surface area contributed by atoms with Crippen LogP contribution >= 0.6 is 0 Å². The fourth-order valence-electron chi connectivity index (χ4n) is 2.76. The van der Waals surface area contributed by atoms with Gasteiger partial charge in [0.2, 0.25) is 5.91 Å². The summed E-state index contributed by atoms with van der Waals surface area (Å²) in [4.78, 5) is 28.5. The number of aryl methyl sites for hydroxylation is 1. The molecule has 0 bridgehead atoms. The van der Waals surface area contributed by atoms with Crippen molar-refractivity contribution in [3.63, 3.8) is 0 Å². The Morgan fingerprint density at radius 1 is 1.15 bits per heavy atom. The molecule has 1 heterocycles. The van der Waals surface area contributed by atoms with Gasteiger partial charge in [-0.05, 0) is 36.8 Å². The van der Waals surface area contributed by atoms with E-state index in [9.17, 15) is 14.0 Å². The predicted octanol–water partition coefficient (Wildman–Crippen LogP) is 2.72. The Labute approximate surface area is 156 Å². The second-order valence-corrected chi connectivity index (χ2v) is 6.33. The van der Waals surface area contributed by atoms with E-state index < -0.39 is 0 Å². The molecular formula is C21H20FN3O2. The number of rotatable bonds is 6. The van der Waals surface area contributed by atoms with Crippen LogP contribution in [0.15, 0.2) is 65.7 Å². The van der Waals surface area contributed by atoms with Crippen LogP contribution in [-0.2, 0) is 17.8 Å². The Morgan fingerprint density at radius 3 is 2.63 bits per heavy atom. The molecule has 0 aliphatic heterocycles. The number of amides is 1. The third-order valence-electron chi connectivity index (χ3n) is 4.14. The highest BCUT2D eigenvalue weighted by atomic mass is 19.1. The summed E-state index contributed by atoms with van der Waals surface area (Å²) in [6.07, 6.45) is 1.74. The van der Waals surface area contributed by atoms with Crippen molar-refractivity contribution in [1.29, 1.82) is 0 Å². The van der Waals surface area contributed by atoms with E-state index in [0.717, 1.165) is 11.1 Å². The zero-order chi connectivity index (χ0) is 19.2. The minimum absolute atomic E-state index is 0.0930. The molecule has 0 spiro atoms. The molecule has 3 rings (SSSR count). The summed E-state index contributed by atoms with van der Waals surface area (Å²) in [6.45, 7) is 2.65. The van der Waals surface area contributed by atoms with Gasteiger partial charge < -0.3 is 5.32 Å². The summed E-state index contributed by atoms with van der Waals surface area (Å²) in [5.41, 5.74) is 3.00. The molecule has 3 aromatic rings. The Hall–Kier alpha value is -3.28. The van der Waals surface area contributed by atoms with Crippen LogP contribution in [0, 0.1) is 12.7 Å². The van der Waals surface area contributed by atoms with Crippen molar-refractivity contribution in [2.45, 2.75) is 19.9 Å². The number of halogens is 1. The quantitative estimate of drug-likeness (QED) is 0.731. The average Bonchev–Trinajstić information content (AvgIpc) is 2.64. The molecule has 27 heavy (non-hydrogen) atoms. The molecule has 5 nitrogen and oxygen atoms in total. The highest BCUT2D eigenvalue weighted by Gasteiger charge is 2.06. The van der Waals surface area contributed by atoms with E-state index in [1.54, 1.807) is 12.1 Å². The number of nitrogens with zero attached hydrogens (tertiary/aromatic N) is 2. The number of nitrogens with one attached hydrogen (secondary N) is 1. The smallest absolute Gasteiger partial charge is 0.253 e. The molecular weight excluding hydrogens is 345 g/mol. The van der Waals surface area contributed by atoms with Crippen LogP contribution in [0.3, 0.4) is 0 Å². The molecule has 2 aromatic carbocycles. The minimum atomic E-state index is -0.339. The van der Waals surface area contributed by atoms with E-state index in [1.165, 1.54) is 29.1 Å². The summed E-state index contributed by atoms with van der Waals surface area (Å²) < 4.78 is 14.4. The Balaban J connectivity index is 1.56. The van der Waals surface area contributed by atoms with E-state index in [-0.39, 0.29) is 17.3 Å². The molecule has 0 radical (unpaired) electrons. The van der Waals surface area contributed by atoms with Gasteiger partial charge in [-0.2, -0.15) is 0 Å². The molecule has 0 atom stereocenters. The first-order valence-corrected chi connectivity index (χ1v) is 8.66. The summed E-state index contributed by atoms with van der Waals surface area (Å²) in [7, 11) is 0. The molecule has 1 aromatic heterocycles. The van der Waals surface area contributed by atoms with E-state index in [0.29, 0.717) is 30.8 Å². The van der Waals surface area contributed by atoms with Crippen LogP contribution in [0.1, 0.15) is 11.1 Å². The zero-order valence-corrected chi connectivity index (χ0v) is 15.0. The number of hydrogen-bond acceptors (Lipinski definition) is 3. The maximum Gasteiger partial charge on any atom is 0.253 e. The fourth-order valence-corrected chi connectivity index (χ4v) is 2.76. The van der Waals surface area contributed by atoms with Crippen LogP contribution < -0.4 is 10.9 Å². The summed E-state index contributed by atoms with van der Waals surface area (Å²) >= 11 is 0. The molecule has 6 heteroatoms. The predicted molar refractivity (Wildman–Crippen MR) is 102 cm³/mol. The van der Waals surface area contributed by atoms with Crippen LogP contribution in [0.5, 0.6) is 0 Å². The second kappa shape index (κ2) is 8.40. The van der Waals surface area contributed by atoms with E-state index in [1.807, 2.05) is 31.2 Å². The molecule has 0 saturated carbocycles. The Kier molecular flexibility index (Phi) is 5.76. The molecule has 0 aliphatic carbocycles. The lowest BCUT2D eigenvalue weighted by atomic mass is 10.1. The lowest BCUT2D eigenvalue weighted by molar-refractivity contribution is -0.120. The van der Waals surface area contributed by atoms with Crippen molar-refractivity contribution in [2.75, 3.05) is 6.54 Å². The maximum absolute atomic E-state index is 13.0. The second-order valence-electron chi connectivity index (χ2n) is 6.33. The monoisotopic (exact) mass is 365 g/mol. The zero-order valence-electron chi connectivity index (χ0n) is 15.0. The van der Waals surface area contributed by atoms with Gasteiger partial charge in [0, 0.05) is 24.7 Å².